The molecule has 0 aliphatic heterocycles. The lowest BCUT2D eigenvalue weighted by Gasteiger charge is -2.11. The Morgan fingerprint density at radius 2 is 1.96 bits per heavy atom. The van der Waals surface area contributed by atoms with Crippen LogP contribution in [0, 0.1) is 20.8 Å². The summed E-state index contributed by atoms with van der Waals surface area (Å²) in [6, 6.07) is 6.74. The van der Waals surface area contributed by atoms with E-state index < -0.39 is 15.9 Å². The van der Waals surface area contributed by atoms with Gasteiger partial charge in [-0.25, -0.2) is 8.42 Å². The first-order valence-electron chi connectivity index (χ1n) is 6.77. The number of amides is 1. The summed E-state index contributed by atoms with van der Waals surface area (Å²) >= 11 is 3.23. The van der Waals surface area contributed by atoms with Crippen molar-refractivity contribution in [2.75, 3.05) is 0 Å². The first-order valence-corrected chi connectivity index (χ1v) is 9.04. The van der Waals surface area contributed by atoms with E-state index in [1.54, 1.807) is 19.1 Å². The minimum atomic E-state index is -3.85. The number of benzene rings is 1. The maximum Gasteiger partial charge on any atom is 0.257 e. The van der Waals surface area contributed by atoms with E-state index in [0.717, 1.165) is 11.4 Å². The fourth-order valence-electron chi connectivity index (χ4n) is 2.05. The number of nitrogens with zero attached hydrogens (tertiary/aromatic N) is 2. The number of halogens is 1. The van der Waals surface area contributed by atoms with E-state index >= 15 is 0 Å². The third-order valence-electron chi connectivity index (χ3n) is 3.16. The molecule has 1 aromatic heterocycles. The molecule has 7 nitrogen and oxygen atoms in total. The summed E-state index contributed by atoms with van der Waals surface area (Å²) in [5.74, 6) is -0.507. The van der Waals surface area contributed by atoms with Crippen LogP contribution >= 0.6 is 15.9 Å². The van der Waals surface area contributed by atoms with Crippen molar-refractivity contribution in [2.45, 2.75) is 32.2 Å². The number of hydrogen-bond donors (Lipinski definition) is 2. The van der Waals surface area contributed by atoms with E-state index in [1.165, 1.54) is 10.7 Å². The molecule has 1 amide bonds. The topological polar surface area (TPSA) is 93.1 Å². The molecule has 0 unspecified atom stereocenters. The number of rotatable bonds is 5. The van der Waals surface area contributed by atoms with Gasteiger partial charge in [-0.15, -0.1) is 4.83 Å². The van der Waals surface area contributed by atoms with Gasteiger partial charge in [-0.05, 0) is 44.5 Å². The van der Waals surface area contributed by atoms with Gasteiger partial charge in [-0.3, -0.25) is 14.9 Å². The highest BCUT2D eigenvalue weighted by Gasteiger charge is 2.18. The second kappa shape index (κ2) is 6.81. The first-order chi connectivity index (χ1) is 10.7. The highest BCUT2D eigenvalue weighted by atomic mass is 79.9. The fraction of sp³-hybridized carbons (Fsp3) is 0.286. The van der Waals surface area contributed by atoms with Crippen LogP contribution in [0.1, 0.15) is 17.0 Å². The van der Waals surface area contributed by atoms with Crippen molar-refractivity contribution in [3.05, 3.63) is 45.7 Å². The van der Waals surface area contributed by atoms with Crippen molar-refractivity contribution in [2.24, 2.45) is 0 Å². The Morgan fingerprint density at radius 3 is 2.57 bits per heavy atom. The number of nitrogens with one attached hydrogen (secondary N) is 2. The van der Waals surface area contributed by atoms with Crippen LogP contribution < -0.4 is 10.3 Å². The van der Waals surface area contributed by atoms with Gasteiger partial charge in [0.15, 0.2) is 0 Å². The molecule has 0 atom stereocenters. The zero-order valence-corrected chi connectivity index (χ0v) is 15.3. The minimum absolute atomic E-state index is 0.0698. The summed E-state index contributed by atoms with van der Waals surface area (Å²) in [5.41, 5.74) is 4.39. The van der Waals surface area contributed by atoms with Gasteiger partial charge in [0.1, 0.15) is 6.54 Å². The average molecular weight is 401 g/mol. The van der Waals surface area contributed by atoms with E-state index in [-0.39, 0.29) is 11.4 Å². The highest BCUT2D eigenvalue weighted by Crippen LogP contribution is 2.19. The summed E-state index contributed by atoms with van der Waals surface area (Å²) in [6.07, 6.45) is 0. The van der Waals surface area contributed by atoms with E-state index in [2.05, 4.69) is 31.3 Å². The summed E-state index contributed by atoms with van der Waals surface area (Å²) in [4.78, 5) is 14.1. The molecule has 9 heteroatoms. The van der Waals surface area contributed by atoms with Gasteiger partial charge in [0.05, 0.1) is 10.6 Å². The Labute approximate surface area is 143 Å². The number of carbonyl (C=O) groups excluding carboxylic acids is 1. The Balaban J connectivity index is 2.05. The molecule has 0 aliphatic rings. The van der Waals surface area contributed by atoms with Crippen molar-refractivity contribution >= 4 is 31.9 Å². The lowest BCUT2D eigenvalue weighted by Crippen LogP contribution is -2.43. The Bertz CT molecular complexity index is 846. The van der Waals surface area contributed by atoms with Crippen molar-refractivity contribution in [1.82, 2.24) is 20.0 Å². The smallest absolute Gasteiger partial charge is 0.257 e. The number of aryl methyl sites for hydroxylation is 3. The summed E-state index contributed by atoms with van der Waals surface area (Å²) < 4.78 is 26.7. The van der Waals surface area contributed by atoms with Crippen LogP contribution in [-0.4, -0.2) is 24.1 Å². The number of sulfonamides is 1. The second-order valence-electron chi connectivity index (χ2n) is 5.15. The maximum absolute atomic E-state index is 12.3. The van der Waals surface area contributed by atoms with Crippen LogP contribution in [0.4, 0.5) is 0 Å². The molecule has 2 N–H and O–H groups in total. The number of aromatic nitrogens is 2. The van der Waals surface area contributed by atoms with Crippen LogP contribution in [0.2, 0.25) is 0 Å². The van der Waals surface area contributed by atoms with Gasteiger partial charge in [-0.2, -0.15) is 5.10 Å². The molecule has 124 valence electrons. The molecule has 2 aromatic rings. The lowest BCUT2D eigenvalue weighted by atomic mass is 10.2. The molecule has 0 fully saturated rings. The summed E-state index contributed by atoms with van der Waals surface area (Å²) in [7, 11) is -3.85. The van der Waals surface area contributed by atoms with Crippen LogP contribution in [-0.2, 0) is 21.4 Å². The molecule has 1 heterocycles. The van der Waals surface area contributed by atoms with Gasteiger partial charge in [0.25, 0.3) is 15.9 Å². The van der Waals surface area contributed by atoms with Crippen molar-refractivity contribution in [3.63, 3.8) is 0 Å². The summed E-state index contributed by atoms with van der Waals surface area (Å²) in [6.45, 7) is 5.25. The van der Waals surface area contributed by atoms with E-state index in [4.69, 9.17) is 0 Å². The number of hydrogen-bond acceptors (Lipinski definition) is 4. The minimum Gasteiger partial charge on any atom is -0.276 e. The fourth-order valence-corrected chi connectivity index (χ4v) is 3.70. The van der Waals surface area contributed by atoms with Crippen LogP contribution in [0.3, 0.4) is 0 Å². The Hall–Kier alpha value is -1.71. The monoisotopic (exact) mass is 400 g/mol. The third kappa shape index (κ3) is 4.40. The van der Waals surface area contributed by atoms with Gasteiger partial charge in [0.2, 0.25) is 0 Å². The Morgan fingerprint density at radius 1 is 1.26 bits per heavy atom. The van der Waals surface area contributed by atoms with Crippen LogP contribution in [0.25, 0.3) is 0 Å². The van der Waals surface area contributed by atoms with Crippen LogP contribution in [0.15, 0.2) is 33.6 Å². The average Bonchev–Trinajstić information content (AvgIpc) is 2.77. The Kier molecular flexibility index (Phi) is 5.23. The summed E-state index contributed by atoms with van der Waals surface area (Å²) in [5, 5.41) is 4.15. The molecule has 0 radical (unpaired) electrons. The van der Waals surface area contributed by atoms with Gasteiger partial charge >= 0.3 is 0 Å². The highest BCUT2D eigenvalue weighted by molar-refractivity contribution is 9.10. The molecule has 23 heavy (non-hydrogen) atoms. The standard InChI is InChI=1S/C14H17BrN4O3S/c1-9-4-5-12(15)7-13(9)23(21,22)18-16-14(20)8-19-11(3)6-10(2)17-19/h4-7,18H,8H2,1-3H3,(H,16,20). The van der Waals surface area contributed by atoms with E-state index in [1.807, 2.05) is 19.9 Å². The van der Waals surface area contributed by atoms with Crippen LogP contribution in [0.5, 0.6) is 0 Å². The number of carbonyl (C=O) groups is 1. The third-order valence-corrected chi connectivity index (χ3v) is 5.04. The van der Waals surface area contributed by atoms with Gasteiger partial charge < -0.3 is 0 Å². The zero-order valence-electron chi connectivity index (χ0n) is 12.9. The number of hydrazine groups is 1. The van der Waals surface area contributed by atoms with E-state index in [0.29, 0.717) is 10.0 Å². The van der Waals surface area contributed by atoms with Gasteiger partial charge in [-0.1, -0.05) is 22.0 Å². The molecule has 0 saturated heterocycles. The second-order valence-corrected chi connectivity index (χ2v) is 7.71. The quantitative estimate of drug-likeness (QED) is 0.745. The SMILES string of the molecule is Cc1cc(C)n(CC(=O)NNS(=O)(=O)c2cc(Br)ccc2C)n1. The molecular formula is C14H17BrN4O3S. The predicted molar refractivity (Wildman–Crippen MR) is 89.0 cm³/mol. The largest absolute Gasteiger partial charge is 0.276 e. The lowest BCUT2D eigenvalue weighted by molar-refractivity contribution is -0.122. The molecule has 1 aromatic carbocycles. The van der Waals surface area contributed by atoms with Crippen molar-refractivity contribution < 1.29 is 13.2 Å². The first kappa shape index (κ1) is 17.6. The maximum atomic E-state index is 12.3. The molecule has 2 rings (SSSR count). The normalized spacial score (nSPS) is 11.5. The van der Waals surface area contributed by atoms with E-state index in [9.17, 15) is 13.2 Å². The van der Waals surface area contributed by atoms with Crippen molar-refractivity contribution in [3.8, 4) is 0 Å². The molecule has 0 bridgehead atoms. The molecular weight excluding hydrogens is 384 g/mol. The van der Waals surface area contributed by atoms with Crippen molar-refractivity contribution in [1.29, 1.82) is 0 Å². The molecule has 0 aliphatic carbocycles. The zero-order chi connectivity index (χ0) is 17.2. The van der Waals surface area contributed by atoms with Gasteiger partial charge in [0, 0.05) is 10.2 Å². The predicted octanol–water partition coefficient (Wildman–Crippen LogP) is 1.58. The molecule has 0 saturated carbocycles. The molecule has 0 spiro atoms.